The summed E-state index contributed by atoms with van der Waals surface area (Å²) in [6.07, 6.45) is -0.972. The van der Waals surface area contributed by atoms with Crippen LogP contribution >= 0.6 is 0 Å². The number of benzene rings is 2. The van der Waals surface area contributed by atoms with Gasteiger partial charge in [0.2, 0.25) is 0 Å². The van der Waals surface area contributed by atoms with Crippen LogP contribution in [-0.2, 0) is 0 Å². The lowest BCUT2D eigenvalue weighted by Crippen LogP contribution is -2.30. The van der Waals surface area contributed by atoms with Gasteiger partial charge in [0.05, 0.1) is 17.8 Å². The number of hydrogen-bond acceptors (Lipinski definition) is 1. The highest BCUT2D eigenvalue weighted by atomic mass is 19.3. The summed E-state index contributed by atoms with van der Waals surface area (Å²) in [5.41, 5.74) is 1.82. The molecule has 0 saturated heterocycles. The number of allylic oxidation sites excluding steroid dienone is 3. The third-order valence-corrected chi connectivity index (χ3v) is 4.27. The summed E-state index contributed by atoms with van der Waals surface area (Å²) < 4.78 is 55.5. The average Bonchev–Trinajstić information content (AvgIpc) is 2.60. The minimum Gasteiger partial charge on any atom is -0.335 e. The minimum atomic E-state index is -2.69. The van der Waals surface area contributed by atoms with Gasteiger partial charge in [-0.05, 0) is 36.3 Å². The van der Waals surface area contributed by atoms with E-state index in [0.29, 0.717) is 22.4 Å². The molecule has 0 saturated carbocycles. The Labute approximate surface area is 149 Å². The van der Waals surface area contributed by atoms with Crippen molar-refractivity contribution in [1.82, 2.24) is 4.90 Å². The van der Waals surface area contributed by atoms with Crippen LogP contribution in [0, 0.1) is 11.6 Å². The molecule has 0 spiro atoms. The van der Waals surface area contributed by atoms with Gasteiger partial charge in [0, 0.05) is 11.3 Å². The molecule has 0 bridgehead atoms. The Hall–Kier alpha value is -2.82. The Morgan fingerprint density at radius 3 is 2.15 bits per heavy atom. The molecule has 3 rings (SSSR count). The summed E-state index contributed by atoms with van der Waals surface area (Å²) in [5, 5.41) is 0. The van der Waals surface area contributed by atoms with Gasteiger partial charge in [-0.2, -0.15) is 0 Å². The lowest BCUT2D eigenvalue weighted by Gasteiger charge is -2.35. The number of hydrogen-bond donors (Lipinski definition) is 0. The second-order valence-corrected chi connectivity index (χ2v) is 6.00. The normalized spacial score (nSPS) is 14.9. The highest BCUT2D eigenvalue weighted by Crippen LogP contribution is 2.41. The van der Waals surface area contributed by atoms with Gasteiger partial charge in [-0.25, -0.2) is 17.6 Å². The first-order valence-electron chi connectivity index (χ1n) is 8.07. The van der Waals surface area contributed by atoms with E-state index in [0.717, 1.165) is 12.1 Å². The van der Waals surface area contributed by atoms with Gasteiger partial charge in [0.25, 0.3) is 6.43 Å². The van der Waals surface area contributed by atoms with Crippen LogP contribution < -0.4 is 0 Å². The van der Waals surface area contributed by atoms with E-state index in [2.05, 4.69) is 6.58 Å². The number of halogens is 4. The first-order valence-corrected chi connectivity index (χ1v) is 8.07. The molecule has 1 heterocycles. The van der Waals surface area contributed by atoms with E-state index >= 15 is 0 Å². The van der Waals surface area contributed by atoms with Crippen LogP contribution in [0.1, 0.15) is 18.1 Å². The third-order valence-electron chi connectivity index (χ3n) is 4.27. The van der Waals surface area contributed by atoms with Gasteiger partial charge in [-0.3, -0.25) is 0 Å². The summed E-state index contributed by atoms with van der Waals surface area (Å²) in [6, 6.07) is 12.4. The quantitative estimate of drug-likeness (QED) is 0.617. The Morgan fingerprint density at radius 2 is 1.58 bits per heavy atom. The molecule has 0 atom stereocenters. The van der Waals surface area contributed by atoms with Crippen molar-refractivity contribution in [2.45, 2.75) is 13.3 Å². The largest absolute Gasteiger partial charge is 0.335 e. The SMILES string of the molecule is C=C1C(C)=CC(c2ccccc2)=C(c2c(F)cccc2F)N1CC(F)F. The maximum absolute atomic E-state index is 14.5. The second kappa shape index (κ2) is 7.20. The first-order chi connectivity index (χ1) is 12.4. The molecule has 1 aliphatic heterocycles. The van der Waals surface area contributed by atoms with Crippen LogP contribution in [0.25, 0.3) is 11.3 Å². The van der Waals surface area contributed by atoms with Crippen molar-refractivity contribution in [3.63, 3.8) is 0 Å². The average molecular weight is 359 g/mol. The number of alkyl halides is 2. The van der Waals surface area contributed by atoms with Crippen molar-refractivity contribution in [1.29, 1.82) is 0 Å². The molecule has 0 fully saturated rings. The predicted octanol–water partition coefficient (Wildman–Crippen LogP) is 5.87. The summed E-state index contributed by atoms with van der Waals surface area (Å²) in [5.74, 6) is -1.62. The van der Waals surface area contributed by atoms with E-state index in [9.17, 15) is 17.6 Å². The zero-order chi connectivity index (χ0) is 18.8. The molecule has 0 amide bonds. The monoisotopic (exact) mass is 359 g/mol. The summed E-state index contributed by atoms with van der Waals surface area (Å²) >= 11 is 0. The molecule has 0 aromatic heterocycles. The zero-order valence-electron chi connectivity index (χ0n) is 14.1. The van der Waals surface area contributed by atoms with Crippen LogP contribution in [0.15, 0.2) is 72.5 Å². The van der Waals surface area contributed by atoms with E-state index in [1.54, 1.807) is 37.3 Å². The minimum absolute atomic E-state index is 0.0581. The lowest BCUT2D eigenvalue weighted by molar-refractivity contribution is 0.123. The fourth-order valence-electron chi connectivity index (χ4n) is 3.03. The Bertz CT molecular complexity index is 877. The van der Waals surface area contributed by atoms with Crippen molar-refractivity contribution < 1.29 is 17.6 Å². The van der Waals surface area contributed by atoms with Crippen LogP contribution in [0.3, 0.4) is 0 Å². The molecule has 0 N–H and O–H groups in total. The predicted molar refractivity (Wildman–Crippen MR) is 95.2 cm³/mol. The summed E-state index contributed by atoms with van der Waals surface area (Å²) in [4.78, 5) is 1.20. The van der Waals surface area contributed by atoms with Gasteiger partial charge in [-0.15, -0.1) is 0 Å². The van der Waals surface area contributed by atoms with Crippen molar-refractivity contribution in [3.8, 4) is 0 Å². The molecule has 5 heteroatoms. The molecule has 26 heavy (non-hydrogen) atoms. The summed E-state index contributed by atoms with van der Waals surface area (Å²) in [7, 11) is 0. The first kappa shape index (κ1) is 18.0. The molecular formula is C21H17F4N. The van der Waals surface area contributed by atoms with E-state index in [1.807, 2.05) is 6.07 Å². The van der Waals surface area contributed by atoms with E-state index < -0.39 is 24.6 Å². The van der Waals surface area contributed by atoms with Crippen molar-refractivity contribution in [3.05, 3.63) is 95.2 Å². The summed E-state index contributed by atoms with van der Waals surface area (Å²) in [6.45, 7) is 4.87. The number of nitrogens with zero attached hydrogens (tertiary/aromatic N) is 1. The van der Waals surface area contributed by atoms with Gasteiger partial charge in [0.1, 0.15) is 11.6 Å². The Morgan fingerprint density at radius 1 is 0.962 bits per heavy atom. The second-order valence-electron chi connectivity index (χ2n) is 6.00. The maximum Gasteiger partial charge on any atom is 0.256 e. The van der Waals surface area contributed by atoms with E-state index in [1.165, 1.54) is 11.0 Å². The van der Waals surface area contributed by atoms with E-state index in [4.69, 9.17) is 0 Å². The lowest BCUT2D eigenvalue weighted by atomic mass is 9.91. The third kappa shape index (κ3) is 3.29. The van der Waals surface area contributed by atoms with Crippen LogP contribution in [0.4, 0.5) is 17.6 Å². The zero-order valence-corrected chi connectivity index (χ0v) is 14.1. The van der Waals surface area contributed by atoms with Crippen molar-refractivity contribution in [2.75, 3.05) is 6.54 Å². The van der Waals surface area contributed by atoms with Crippen molar-refractivity contribution >= 4 is 11.3 Å². The fraction of sp³-hybridized carbons (Fsp3) is 0.143. The van der Waals surface area contributed by atoms with Gasteiger partial charge < -0.3 is 4.90 Å². The van der Waals surface area contributed by atoms with Crippen LogP contribution in [-0.4, -0.2) is 17.9 Å². The molecule has 0 unspecified atom stereocenters. The number of rotatable bonds is 4. The van der Waals surface area contributed by atoms with Crippen LogP contribution in [0.5, 0.6) is 0 Å². The fourth-order valence-corrected chi connectivity index (χ4v) is 3.03. The molecule has 1 aliphatic rings. The topological polar surface area (TPSA) is 3.24 Å². The molecule has 0 aliphatic carbocycles. The van der Waals surface area contributed by atoms with Gasteiger partial charge in [0.15, 0.2) is 0 Å². The van der Waals surface area contributed by atoms with Crippen LogP contribution in [0.2, 0.25) is 0 Å². The molecule has 0 radical (unpaired) electrons. The molecule has 134 valence electrons. The maximum atomic E-state index is 14.5. The molecule has 2 aromatic rings. The van der Waals surface area contributed by atoms with Gasteiger partial charge >= 0.3 is 0 Å². The smallest absolute Gasteiger partial charge is 0.256 e. The standard InChI is InChI=1S/C21H17F4N/c1-13-11-16(15-7-4-3-5-8-15)21(26(14(13)2)12-19(24)25)20-17(22)9-6-10-18(20)23/h3-11,19H,2,12H2,1H3. The highest BCUT2D eigenvalue weighted by Gasteiger charge is 2.30. The van der Waals surface area contributed by atoms with Gasteiger partial charge in [-0.1, -0.05) is 43.0 Å². The Balaban J connectivity index is 2.35. The highest BCUT2D eigenvalue weighted by molar-refractivity contribution is 5.97. The Kier molecular flexibility index (Phi) is 4.98. The van der Waals surface area contributed by atoms with E-state index in [-0.39, 0.29) is 11.3 Å². The molecule has 2 aromatic carbocycles. The molecular weight excluding hydrogens is 342 g/mol. The van der Waals surface area contributed by atoms with Crippen molar-refractivity contribution in [2.24, 2.45) is 0 Å². The molecule has 1 nitrogen and oxygen atoms in total.